The first kappa shape index (κ1) is 10.3. The molecule has 2 aromatic rings. The molecule has 2 heterocycles. The Kier molecular flexibility index (Phi) is 2.83. The molecule has 0 aromatic carbocycles. The fraction of sp³-hybridized carbons (Fsp3) is 0.200. The van der Waals surface area contributed by atoms with Crippen molar-refractivity contribution in [2.45, 2.75) is 6.04 Å². The van der Waals surface area contributed by atoms with Crippen molar-refractivity contribution in [2.24, 2.45) is 12.8 Å². The van der Waals surface area contributed by atoms with Gasteiger partial charge in [-0.1, -0.05) is 0 Å². The van der Waals surface area contributed by atoms with E-state index in [4.69, 9.17) is 5.73 Å². The van der Waals surface area contributed by atoms with Crippen molar-refractivity contribution >= 4 is 15.9 Å². The lowest BCUT2D eigenvalue weighted by Crippen LogP contribution is -2.17. The van der Waals surface area contributed by atoms with E-state index >= 15 is 0 Å². The third-order valence-electron chi connectivity index (χ3n) is 2.26. The highest BCUT2D eigenvalue weighted by molar-refractivity contribution is 9.10. The van der Waals surface area contributed by atoms with Crippen molar-refractivity contribution in [1.82, 2.24) is 14.8 Å². The predicted molar refractivity (Wildman–Crippen MR) is 61.2 cm³/mol. The summed E-state index contributed by atoms with van der Waals surface area (Å²) in [5.74, 6) is 0. The van der Waals surface area contributed by atoms with Gasteiger partial charge in [0.05, 0.1) is 17.4 Å². The maximum Gasteiger partial charge on any atom is 0.0908 e. The van der Waals surface area contributed by atoms with Crippen LogP contribution < -0.4 is 5.73 Å². The SMILES string of the molecule is Cn1nccc1C(N)c1ncccc1Br. The molecular weight excluding hydrogens is 256 g/mol. The Balaban J connectivity index is 2.41. The minimum absolute atomic E-state index is 0.256. The zero-order valence-electron chi connectivity index (χ0n) is 8.26. The van der Waals surface area contributed by atoms with E-state index < -0.39 is 0 Å². The average Bonchev–Trinajstić information content (AvgIpc) is 2.64. The molecule has 0 aliphatic heterocycles. The molecule has 2 rings (SSSR count). The van der Waals surface area contributed by atoms with Crippen LogP contribution in [-0.4, -0.2) is 14.8 Å². The summed E-state index contributed by atoms with van der Waals surface area (Å²) in [4.78, 5) is 4.26. The molecule has 0 spiro atoms. The van der Waals surface area contributed by atoms with Gasteiger partial charge in [-0.2, -0.15) is 5.10 Å². The van der Waals surface area contributed by atoms with Gasteiger partial charge in [0.25, 0.3) is 0 Å². The van der Waals surface area contributed by atoms with Gasteiger partial charge >= 0.3 is 0 Å². The van der Waals surface area contributed by atoms with Crippen molar-refractivity contribution in [3.05, 3.63) is 46.5 Å². The number of rotatable bonds is 2. The number of nitrogens with zero attached hydrogens (tertiary/aromatic N) is 3. The van der Waals surface area contributed by atoms with E-state index in [0.29, 0.717) is 0 Å². The molecule has 0 radical (unpaired) electrons. The fourth-order valence-corrected chi connectivity index (χ4v) is 1.96. The fourth-order valence-electron chi connectivity index (χ4n) is 1.46. The first-order chi connectivity index (χ1) is 7.20. The Morgan fingerprint density at radius 3 is 2.80 bits per heavy atom. The molecule has 15 heavy (non-hydrogen) atoms. The maximum absolute atomic E-state index is 6.11. The maximum atomic E-state index is 6.11. The second-order valence-electron chi connectivity index (χ2n) is 3.23. The van der Waals surface area contributed by atoms with Gasteiger partial charge in [0.15, 0.2) is 0 Å². The van der Waals surface area contributed by atoms with E-state index in [1.807, 2.05) is 25.2 Å². The molecule has 1 atom stereocenters. The molecule has 0 aliphatic carbocycles. The van der Waals surface area contributed by atoms with Gasteiger partial charge in [-0.05, 0) is 34.1 Å². The largest absolute Gasteiger partial charge is 0.318 e. The summed E-state index contributed by atoms with van der Waals surface area (Å²) in [6.45, 7) is 0. The Labute approximate surface area is 96.3 Å². The number of halogens is 1. The molecule has 1 unspecified atom stereocenters. The average molecular weight is 267 g/mol. The van der Waals surface area contributed by atoms with Crippen molar-refractivity contribution in [3.63, 3.8) is 0 Å². The Hall–Kier alpha value is -1.20. The van der Waals surface area contributed by atoms with Gasteiger partial charge < -0.3 is 5.73 Å². The van der Waals surface area contributed by atoms with Gasteiger partial charge in [0.2, 0.25) is 0 Å². The van der Waals surface area contributed by atoms with Crippen LogP contribution in [0, 0.1) is 0 Å². The summed E-state index contributed by atoms with van der Waals surface area (Å²) < 4.78 is 2.67. The Bertz CT molecular complexity index is 466. The summed E-state index contributed by atoms with van der Waals surface area (Å²) in [6, 6.07) is 5.43. The molecule has 78 valence electrons. The molecule has 0 amide bonds. The zero-order valence-corrected chi connectivity index (χ0v) is 9.85. The highest BCUT2D eigenvalue weighted by Gasteiger charge is 2.15. The van der Waals surface area contributed by atoms with Crippen molar-refractivity contribution < 1.29 is 0 Å². The third kappa shape index (κ3) is 1.93. The number of hydrogen-bond acceptors (Lipinski definition) is 3. The predicted octanol–water partition coefficient (Wildman–Crippen LogP) is 1.63. The molecule has 4 nitrogen and oxygen atoms in total. The topological polar surface area (TPSA) is 56.7 Å². The van der Waals surface area contributed by atoms with Crippen molar-refractivity contribution in [3.8, 4) is 0 Å². The summed E-state index contributed by atoms with van der Waals surface area (Å²) in [7, 11) is 1.87. The summed E-state index contributed by atoms with van der Waals surface area (Å²) in [5.41, 5.74) is 7.87. The van der Waals surface area contributed by atoms with Gasteiger partial charge in [-0.25, -0.2) is 0 Å². The van der Waals surface area contributed by atoms with E-state index in [0.717, 1.165) is 15.9 Å². The van der Waals surface area contributed by atoms with E-state index in [9.17, 15) is 0 Å². The van der Waals surface area contributed by atoms with E-state index in [1.54, 1.807) is 17.1 Å². The first-order valence-electron chi connectivity index (χ1n) is 4.54. The van der Waals surface area contributed by atoms with Crippen LogP contribution in [0.1, 0.15) is 17.4 Å². The summed E-state index contributed by atoms with van der Waals surface area (Å²) in [6.07, 6.45) is 3.46. The molecule has 0 saturated heterocycles. The Morgan fingerprint density at radius 1 is 1.40 bits per heavy atom. The Morgan fingerprint density at radius 2 is 2.20 bits per heavy atom. The van der Waals surface area contributed by atoms with E-state index in [2.05, 4.69) is 26.0 Å². The first-order valence-corrected chi connectivity index (χ1v) is 5.33. The standard InChI is InChI=1S/C10H11BrN4/c1-15-8(4-6-14-15)9(12)10-7(11)3-2-5-13-10/h2-6,9H,12H2,1H3. The minimum Gasteiger partial charge on any atom is -0.318 e. The minimum atomic E-state index is -0.256. The third-order valence-corrected chi connectivity index (χ3v) is 2.93. The van der Waals surface area contributed by atoms with Crippen LogP contribution in [0.25, 0.3) is 0 Å². The number of aryl methyl sites for hydroxylation is 1. The van der Waals surface area contributed by atoms with Gasteiger partial charge in [0.1, 0.15) is 0 Å². The highest BCUT2D eigenvalue weighted by atomic mass is 79.9. The molecular formula is C10H11BrN4. The second kappa shape index (κ2) is 4.12. The molecule has 2 N–H and O–H groups in total. The van der Waals surface area contributed by atoms with Crippen molar-refractivity contribution in [2.75, 3.05) is 0 Å². The van der Waals surface area contributed by atoms with Gasteiger partial charge in [-0.15, -0.1) is 0 Å². The van der Waals surface area contributed by atoms with E-state index in [-0.39, 0.29) is 6.04 Å². The normalized spacial score (nSPS) is 12.7. The second-order valence-corrected chi connectivity index (χ2v) is 4.08. The lowest BCUT2D eigenvalue weighted by molar-refractivity contribution is 0.662. The highest BCUT2D eigenvalue weighted by Crippen LogP contribution is 2.23. The van der Waals surface area contributed by atoms with Crippen LogP contribution in [0.4, 0.5) is 0 Å². The molecule has 0 aliphatic rings. The molecule has 5 heteroatoms. The number of aromatic nitrogens is 3. The molecule has 0 bridgehead atoms. The van der Waals surface area contributed by atoms with E-state index in [1.165, 1.54) is 0 Å². The summed E-state index contributed by atoms with van der Waals surface area (Å²) >= 11 is 3.43. The zero-order chi connectivity index (χ0) is 10.8. The van der Waals surface area contributed by atoms with Crippen LogP contribution in [-0.2, 0) is 7.05 Å². The molecule has 0 saturated carbocycles. The van der Waals surface area contributed by atoms with Gasteiger partial charge in [-0.3, -0.25) is 9.67 Å². The number of nitrogens with two attached hydrogens (primary N) is 1. The van der Waals surface area contributed by atoms with Crippen LogP contribution in [0.5, 0.6) is 0 Å². The van der Waals surface area contributed by atoms with Crippen LogP contribution in [0.3, 0.4) is 0 Å². The van der Waals surface area contributed by atoms with Crippen LogP contribution in [0.15, 0.2) is 35.1 Å². The molecule has 2 aromatic heterocycles. The van der Waals surface area contributed by atoms with Crippen molar-refractivity contribution in [1.29, 1.82) is 0 Å². The monoisotopic (exact) mass is 266 g/mol. The lowest BCUT2D eigenvalue weighted by Gasteiger charge is -2.12. The molecule has 0 fully saturated rings. The smallest absolute Gasteiger partial charge is 0.0908 e. The van der Waals surface area contributed by atoms with Gasteiger partial charge in [0, 0.05) is 23.9 Å². The lowest BCUT2D eigenvalue weighted by atomic mass is 10.1. The number of pyridine rings is 1. The number of hydrogen-bond donors (Lipinski definition) is 1. The quantitative estimate of drug-likeness (QED) is 0.899. The van der Waals surface area contributed by atoms with Crippen LogP contribution in [0.2, 0.25) is 0 Å². The summed E-state index contributed by atoms with van der Waals surface area (Å²) in [5, 5.41) is 4.09. The van der Waals surface area contributed by atoms with Crippen LogP contribution >= 0.6 is 15.9 Å².